The third-order valence-corrected chi connectivity index (χ3v) is 2.01. The largest absolute Gasteiger partial charge is 0.0885 e. The smallest absolute Gasteiger partial charge is 0.0313 e. The second kappa shape index (κ2) is 7.60. The molecule has 1 aliphatic carbocycles. The molecule has 0 fully saturated rings. The maximum absolute atomic E-state index is 2.30. The predicted molar refractivity (Wildman–Crippen MR) is 59.6 cm³/mol. The summed E-state index contributed by atoms with van der Waals surface area (Å²) in [5.74, 6) is 0. The van der Waals surface area contributed by atoms with Gasteiger partial charge in [0.25, 0.3) is 0 Å². The molecule has 0 heterocycles. The van der Waals surface area contributed by atoms with E-state index < -0.39 is 0 Å². The van der Waals surface area contributed by atoms with Crippen LogP contribution in [-0.4, -0.2) is 0 Å². The number of allylic oxidation sites excluding steroid dienone is 8. The molecule has 1 rings (SSSR count). The summed E-state index contributed by atoms with van der Waals surface area (Å²) in [6.45, 7) is 0. The summed E-state index contributed by atoms with van der Waals surface area (Å²) in [5.41, 5.74) is 0. The van der Waals surface area contributed by atoms with Crippen LogP contribution in [0.4, 0.5) is 0 Å². The standard InChI is InChI=1S/C13H18/c1-2-4-6-8-10-12-13-11-9-7-5-3-1/h1-6,11,13H,7-10,12H2/b2-1+,5-3+,6-4-,13-11+. The van der Waals surface area contributed by atoms with Crippen LogP contribution < -0.4 is 0 Å². The van der Waals surface area contributed by atoms with E-state index in [9.17, 15) is 0 Å². The van der Waals surface area contributed by atoms with Crippen LogP contribution in [0.5, 0.6) is 0 Å². The Morgan fingerprint density at radius 3 is 1.85 bits per heavy atom. The van der Waals surface area contributed by atoms with Crippen molar-refractivity contribution in [3.63, 3.8) is 0 Å². The monoisotopic (exact) mass is 174 g/mol. The highest BCUT2D eigenvalue weighted by atomic mass is 13.9. The van der Waals surface area contributed by atoms with E-state index in [1.807, 2.05) is 0 Å². The Balaban J connectivity index is 2.38. The molecule has 0 N–H and O–H groups in total. The van der Waals surface area contributed by atoms with Gasteiger partial charge in [0.2, 0.25) is 0 Å². The van der Waals surface area contributed by atoms with E-state index in [1.54, 1.807) is 0 Å². The lowest BCUT2D eigenvalue weighted by Gasteiger charge is -1.89. The van der Waals surface area contributed by atoms with Crippen LogP contribution in [0.1, 0.15) is 32.1 Å². The molecule has 0 saturated carbocycles. The first-order valence-electron chi connectivity index (χ1n) is 5.13. The highest BCUT2D eigenvalue weighted by molar-refractivity contribution is 5.11. The normalized spacial score (nSPS) is 28.9. The fraction of sp³-hybridized carbons (Fsp3) is 0.385. The van der Waals surface area contributed by atoms with E-state index in [4.69, 9.17) is 0 Å². The lowest BCUT2D eigenvalue weighted by Crippen LogP contribution is -1.69. The highest BCUT2D eigenvalue weighted by Gasteiger charge is 1.81. The molecule has 0 saturated heterocycles. The number of hydrogen-bond donors (Lipinski definition) is 0. The van der Waals surface area contributed by atoms with Crippen LogP contribution in [-0.2, 0) is 0 Å². The lowest BCUT2D eigenvalue weighted by atomic mass is 10.2. The van der Waals surface area contributed by atoms with Gasteiger partial charge >= 0.3 is 0 Å². The Kier molecular flexibility index (Phi) is 5.87. The Hall–Kier alpha value is -1.04. The molecule has 0 aromatic carbocycles. The number of rotatable bonds is 0. The van der Waals surface area contributed by atoms with Gasteiger partial charge in [-0.25, -0.2) is 0 Å². The van der Waals surface area contributed by atoms with Crippen molar-refractivity contribution in [2.45, 2.75) is 32.1 Å². The van der Waals surface area contributed by atoms with E-state index in [2.05, 4.69) is 48.6 Å². The summed E-state index contributed by atoms with van der Waals surface area (Å²) in [7, 11) is 0. The van der Waals surface area contributed by atoms with Gasteiger partial charge in [-0.1, -0.05) is 48.6 Å². The van der Waals surface area contributed by atoms with Gasteiger partial charge in [0.05, 0.1) is 0 Å². The minimum Gasteiger partial charge on any atom is -0.0885 e. The van der Waals surface area contributed by atoms with E-state index in [0.29, 0.717) is 0 Å². The van der Waals surface area contributed by atoms with Gasteiger partial charge in [0.1, 0.15) is 0 Å². The fourth-order valence-corrected chi connectivity index (χ4v) is 1.26. The van der Waals surface area contributed by atoms with Crippen LogP contribution in [0.3, 0.4) is 0 Å². The maximum atomic E-state index is 2.30. The van der Waals surface area contributed by atoms with Crippen molar-refractivity contribution in [3.8, 4) is 0 Å². The first kappa shape index (κ1) is 10.0. The summed E-state index contributed by atoms with van der Waals surface area (Å²) < 4.78 is 0. The molecule has 0 amide bonds. The third-order valence-electron chi connectivity index (χ3n) is 2.01. The third kappa shape index (κ3) is 6.15. The van der Waals surface area contributed by atoms with Crippen molar-refractivity contribution in [2.24, 2.45) is 0 Å². The summed E-state index contributed by atoms with van der Waals surface area (Å²) >= 11 is 0. The zero-order valence-electron chi connectivity index (χ0n) is 8.15. The lowest BCUT2D eigenvalue weighted by molar-refractivity contribution is 0.863. The molecule has 0 atom stereocenters. The molecule has 0 aromatic heterocycles. The molecule has 0 unspecified atom stereocenters. The van der Waals surface area contributed by atoms with Crippen molar-refractivity contribution >= 4 is 0 Å². The zero-order chi connectivity index (χ0) is 9.19. The van der Waals surface area contributed by atoms with Crippen molar-refractivity contribution in [3.05, 3.63) is 48.6 Å². The van der Waals surface area contributed by atoms with Crippen molar-refractivity contribution in [1.29, 1.82) is 0 Å². The van der Waals surface area contributed by atoms with Gasteiger partial charge in [0, 0.05) is 0 Å². The SMILES string of the molecule is C1=C\CCC/C=C/CC/C=C/C=C/1. The van der Waals surface area contributed by atoms with E-state index in [-0.39, 0.29) is 0 Å². The Bertz CT molecular complexity index is 216. The maximum Gasteiger partial charge on any atom is -0.0313 e. The summed E-state index contributed by atoms with van der Waals surface area (Å²) in [5, 5.41) is 0. The van der Waals surface area contributed by atoms with Crippen LogP contribution in [0.15, 0.2) is 48.6 Å². The molecule has 0 heteroatoms. The van der Waals surface area contributed by atoms with Crippen molar-refractivity contribution < 1.29 is 0 Å². The zero-order valence-corrected chi connectivity index (χ0v) is 8.15. The molecule has 0 aromatic rings. The van der Waals surface area contributed by atoms with E-state index in [0.717, 1.165) is 6.42 Å². The average Bonchev–Trinajstić information content (AvgIpc) is 2.18. The summed E-state index contributed by atoms with van der Waals surface area (Å²) in [6.07, 6.45) is 23.5. The van der Waals surface area contributed by atoms with Crippen molar-refractivity contribution in [1.82, 2.24) is 0 Å². The summed E-state index contributed by atoms with van der Waals surface area (Å²) in [4.78, 5) is 0. The Morgan fingerprint density at radius 2 is 1.00 bits per heavy atom. The fourth-order valence-electron chi connectivity index (χ4n) is 1.26. The molecule has 0 spiro atoms. The van der Waals surface area contributed by atoms with Gasteiger partial charge in [0.15, 0.2) is 0 Å². The van der Waals surface area contributed by atoms with Gasteiger partial charge in [-0.3, -0.25) is 0 Å². The highest BCUT2D eigenvalue weighted by Crippen LogP contribution is 2.01. The molecule has 13 heavy (non-hydrogen) atoms. The van der Waals surface area contributed by atoms with Gasteiger partial charge in [-0.2, -0.15) is 0 Å². The molecule has 0 nitrogen and oxygen atoms in total. The summed E-state index contributed by atoms with van der Waals surface area (Å²) in [6, 6.07) is 0. The molecule has 0 bridgehead atoms. The van der Waals surface area contributed by atoms with Gasteiger partial charge in [-0.05, 0) is 32.1 Å². The Labute approximate surface area is 81.4 Å². The minimum atomic E-state index is 1.16. The molecule has 0 radical (unpaired) electrons. The van der Waals surface area contributed by atoms with Crippen LogP contribution in [0.25, 0.3) is 0 Å². The average molecular weight is 174 g/mol. The second-order valence-corrected chi connectivity index (χ2v) is 3.22. The van der Waals surface area contributed by atoms with Crippen LogP contribution in [0, 0.1) is 0 Å². The van der Waals surface area contributed by atoms with Crippen LogP contribution in [0.2, 0.25) is 0 Å². The first-order chi connectivity index (χ1) is 6.50. The first-order valence-corrected chi connectivity index (χ1v) is 5.13. The quantitative estimate of drug-likeness (QED) is 0.483. The molecule has 70 valence electrons. The van der Waals surface area contributed by atoms with E-state index >= 15 is 0 Å². The minimum absolute atomic E-state index is 1.16. The van der Waals surface area contributed by atoms with E-state index in [1.165, 1.54) is 25.7 Å². The molecular formula is C13H18. The number of hydrogen-bond acceptors (Lipinski definition) is 0. The topological polar surface area (TPSA) is 0 Å². The molecule has 1 aliphatic rings. The van der Waals surface area contributed by atoms with Crippen LogP contribution >= 0.6 is 0 Å². The van der Waals surface area contributed by atoms with Crippen molar-refractivity contribution in [2.75, 3.05) is 0 Å². The molecule has 0 aliphatic heterocycles. The van der Waals surface area contributed by atoms with Gasteiger partial charge < -0.3 is 0 Å². The molecular weight excluding hydrogens is 156 g/mol. The van der Waals surface area contributed by atoms with Gasteiger partial charge in [-0.15, -0.1) is 0 Å². The predicted octanol–water partition coefficient (Wildman–Crippen LogP) is 4.18. The second-order valence-electron chi connectivity index (χ2n) is 3.22. The Morgan fingerprint density at radius 1 is 0.462 bits per heavy atom.